The average Bonchev–Trinajstić information content (AvgIpc) is 2.80. The van der Waals surface area contributed by atoms with Crippen LogP contribution in [0.3, 0.4) is 0 Å². The summed E-state index contributed by atoms with van der Waals surface area (Å²) in [6, 6.07) is 19.2. The van der Waals surface area contributed by atoms with E-state index in [-0.39, 0.29) is 16.8 Å². The van der Waals surface area contributed by atoms with Crippen molar-refractivity contribution in [2.45, 2.75) is 6.42 Å². The van der Waals surface area contributed by atoms with Crippen molar-refractivity contribution in [3.8, 4) is 6.07 Å². The van der Waals surface area contributed by atoms with E-state index in [1.165, 1.54) is 36.4 Å². The Morgan fingerprint density at radius 3 is 2.50 bits per heavy atom. The van der Waals surface area contributed by atoms with Gasteiger partial charge in [0.25, 0.3) is 5.91 Å². The van der Waals surface area contributed by atoms with Crippen LogP contribution in [0.25, 0.3) is 0 Å². The van der Waals surface area contributed by atoms with E-state index in [0.717, 1.165) is 14.3 Å². The SMILES string of the molecule is N#Cc1cc(N(S)C(=O)NCCc2ccc(Br)cc2)ccc1NC(=O)c1ccccc1F. The average molecular weight is 513 g/mol. The number of hydrogen-bond donors (Lipinski definition) is 3. The summed E-state index contributed by atoms with van der Waals surface area (Å²) in [4.78, 5) is 24.7. The molecule has 0 aliphatic carbocycles. The van der Waals surface area contributed by atoms with Gasteiger partial charge in [-0.05, 0) is 54.4 Å². The number of nitriles is 1. The van der Waals surface area contributed by atoms with Crippen LogP contribution < -0.4 is 14.9 Å². The first-order valence-electron chi connectivity index (χ1n) is 9.50. The van der Waals surface area contributed by atoms with Gasteiger partial charge in [-0.25, -0.2) is 13.5 Å². The Labute approximate surface area is 198 Å². The fourth-order valence-electron chi connectivity index (χ4n) is 2.86. The largest absolute Gasteiger partial charge is 0.337 e. The first-order valence-corrected chi connectivity index (χ1v) is 10.7. The first-order chi connectivity index (χ1) is 15.4. The summed E-state index contributed by atoms with van der Waals surface area (Å²) in [5.41, 5.74) is 1.58. The van der Waals surface area contributed by atoms with Crippen LogP contribution in [0.2, 0.25) is 0 Å². The van der Waals surface area contributed by atoms with E-state index in [9.17, 15) is 19.2 Å². The van der Waals surface area contributed by atoms with Crippen LogP contribution in [-0.4, -0.2) is 18.5 Å². The number of urea groups is 1. The third-order valence-electron chi connectivity index (χ3n) is 4.53. The normalized spacial score (nSPS) is 10.2. The Balaban J connectivity index is 1.64. The number of carbonyl (C=O) groups is 2. The molecule has 0 aliphatic heterocycles. The van der Waals surface area contributed by atoms with Crippen molar-refractivity contribution in [3.05, 3.63) is 93.7 Å². The van der Waals surface area contributed by atoms with Gasteiger partial charge in [-0.3, -0.25) is 4.79 Å². The fourth-order valence-corrected chi connectivity index (χ4v) is 3.32. The Morgan fingerprint density at radius 2 is 1.81 bits per heavy atom. The molecule has 0 heterocycles. The minimum atomic E-state index is -0.680. The van der Waals surface area contributed by atoms with Crippen LogP contribution in [0.5, 0.6) is 0 Å². The number of rotatable bonds is 6. The van der Waals surface area contributed by atoms with E-state index < -0.39 is 17.8 Å². The second kappa shape index (κ2) is 10.8. The molecule has 0 radical (unpaired) electrons. The van der Waals surface area contributed by atoms with E-state index in [0.29, 0.717) is 18.7 Å². The molecule has 3 aromatic rings. The number of anilines is 2. The molecular weight excluding hydrogens is 495 g/mol. The predicted molar refractivity (Wildman–Crippen MR) is 128 cm³/mol. The molecule has 6 nitrogen and oxygen atoms in total. The highest BCUT2D eigenvalue weighted by atomic mass is 79.9. The lowest BCUT2D eigenvalue weighted by molar-refractivity contribution is 0.102. The number of halogens is 2. The minimum absolute atomic E-state index is 0.105. The highest BCUT2D eigenvalue weighted by Crippen LogP contribution is 2.25. The van der Waals surface area contributed by atoms with Gasteiger partial charge in [-0.2, -0.15) is 5.26 Å². The van der Waals surface area contributed by atoms with Gasteiger partial charge in [-0.15, -0.1) is 0 Å². The number of nitrogens with one attached hydrogen (secondary N) is 2. The van der Waals surface area contributed by atoms with Gasteiger partial charge < -0.3 is 10.6 Å². The van der Waals surface area contributed by atoms with E-state index in [1.54, 1.807) is 6.07 Å². The summed E-state index contributed by atoms with van der Waals surface area (Å²) in [5.74, 6) is -1.35. The second-order valence-corrected chi connectivity index (χ2v) is 8.01. The van der Waals surface area contributed by atoms with Crippen LogP contribution in [0.4, 0.5) is 20.6 Å². The summed E-state index contributed by atoms with van der Waals surface area (Å²) >= 11 is 7.60. The van der Waals surface area contributed by atoms with Crippen LogP contribution in [-0.2, 0) is 6.42 Å². The summed E-state index contributed by atoms with van der Waals surface area (Å²) in [7, 11) is 0. The summed E-state index contributed by atoms with van der Waals surface area (Å²) in [6.45, 7) is 0.402. The lowest BCUT2D eigenvalue weighted by atomic mass is 10.1. The molecule has 3 amide bonds. The molecule has 0 spiro atoms. The van der Waals surface area contributed by atoms with Crippen molar-refractivity contribution in [2.75, 3.05) is 16.2 Å². The molecule has 9 heteroatoms. The minimum Gasteiger partial charge on any atom is -0.337 e. The van der Waals surface area contributed by atoms with Crippen molar-refractivity contribution in [1.29, 1.82) is 5.26 Å². The summed E-state index contributed by atoms with van der Waals surface area (Å²) in [5, 5.41) is 14.7. The topological polar surface area (TPSA) is 85.2 Å². The first kappa shape index (κ1) is 23.3. The number of thiol groups is 1. The van der Waals surface area contributed by atoms with Gasteiger partial charge in [0.1, 0.15) is 11.9 Å². The zero-order valence-electron chi connectivity index (χ0n) is 16.7. The van der Waals surface area contributed by atoms with E-state index in [2.05, 4.69) is 39.4 Å². The Morgan fingerprint density at radius 1 is 1.09 bits per heavy atom. The molecule has 162 valence electrons. The highest BCUT2D eigenvalue weighted by Gasteiger charge is 2.16. The van der Waals surface area contributed by atoms with E-state index >= 15 is 0 Å². The maximum atomic E-state index is 13.8. The van der Waals surface area contributed by atoms with Crippen molar-refractivity contribution >= 4 is 52.1 Å². The van der Waals surface area contributed by atoms with Gasteiger partial charge in [0.15, 0.2) is 0 Å². The molecule has 0 aromatic heterocycles. The van der Waals surface area contributed by atoms with Crippen molar-refractivity contribution in [2.24, 2.45) is 0 Å². The third-order valence-corrected chi connectivity index (χ3v) is 5.47. The lowest BCUT2D eigenvalue weighted by Gasteiger charge is -2.18. The van der Waals surface area contributed by atoms with Crippen LogP contribution >= 0.6 is 28.7 Å². The van der Waals surface area contributed by atoms with Crippen molar-refractivity contribution in [3.63, 3.8) is 0 Å². The molecular formula is C23H18BrFN4O2S. The molecule has 0 aliphatic rings. The molecule has 3 rings (SSSR count). The predicted octanol–water partition coefficient (Wildman–Crippen LogP) is 5.32. The summed E-state index contributed by atoms with van der Waals surface area (Å²) < 4.78 is 15.9. The number of carbonyl (C=O) groups excluding carboxylic acids is 2. The molecule has 0 atom stereocenters. The van der Waals surface area contributed by atoms with Gasteiger partial charge in [0, 0.05) is 11.0 Å². The van der Waals surface area contributed by atoms with Crippen LogP contribution in [0.15, 0.2) is 71.2 Å². The van der Waals surface area contributed by atoms with E-state index in [1.807, 2.05) is 30.3 Å². The molecule has 3 aromatic carbocycles. The van der Waals surface area contributed by atoms with E-state index in [4.69, 9.17) is 0 Å². The standard InChI is InChI=1S/C23H18BrFN4O2S/c24-17-7-5-15(6-8-17)11-12-27-23(31)29(32)18-9-10-21(16(13-18)14-26)28-22(30)19-3-1-2-4-20(19)25/h1-10,13,32H,11-12H2,(H,27,31)(H,28,30). The Kier molecular flexibility index (Phi) is 7.87. The lowest BCUT2D eigenvalue weighted by Crippen LogP contribution is -2.35. The highest BCUT2D eigenvalue weighted by molar-refractivity contribution is 9.10. The molecule has 0 saturated heterocycles. The molecule has 2 N–H and O–H groups in total. The van der Waals surface area contributed by atoms with Gasteiger partial charge in [0.05, 0.1) is 22.5 Å². The number of hydrogen-bond acceptors (Lipinski definition) is 4. The number of amides is 3. The van der Waals surface area contributed by atoms with Gasteiger partial charge in [-0.1, -0.05) is 53.0 Å². The van der Waals surface area contributed by atoms with Crippen molar-refractivity contribution in [1.82, 2.24) is 5.32 Å². The van der Waals surface area contributed by atoms with Crippen LogP contribution in [0, 0.1) is 17.1 Å². The smallest absolute Gasteiger partial charge is 0.331 e. The fraction of sp³-hybridized carbons (Fsp3) is 0.0870. The van der Waals surface area contributed by atoms with Gasteiger partial charge in [0.2, 0.25) is 0 Å². The Hall–Kier alpha value is -3.35. The quantitative estimate of drug-likeness (QED) is 0.391. The molecule has 32 heavy (non-hydrogen) atoms. The second-order valence-electron chi connectivity index (χ2n) is 6.70. The monoisotopic (exact) mass is 512 g/mol. The Bertz CT molecular complexity index is 1180. The third kappa shape index (κ3) is 5.87. The molecule has 0 unspecified atom stereocenters. The number of nitrogens with zero attached hydrogens (tertiary/aromatic N) is 2. The molecule has 0 saturated carbocycles. The summed E-state index contributed by atoms with van der Waals surface area (Å²) in [6.07, 6.45) is 0.644. The zero-order chi connectivity index (χ0) is 23.1. The van der Waals surface area contributed by atoms with Crippen molar-refractivity contribution < 1.29 is 14.0 Å². The molecule has 0 bridgehead atoms. The zero-order valence-corrected chi connectivity index (χ0v) is 19.2. The molecule has 0 fully saturated rings. The van der Waals surface area contributed by atoms with Crippen LogP contribution in [0.1, 0.15) is 21.5 Å². The number of benzene rings is 3. The maximum absolute atomic E-state index is 13.8. The van der Waals surface area contributed by atoms with Gasteiger partial charge >= 0.3 is 6.03 Å². The maximum Gasteiger partial charge on any atom is 0.331 e.